The smallest absolute Gasteiger partial charge is 0.326 e. The highest BCUT2D eigenvalue weighted by molar-refractivity contribution is 5.82. The van der Waals surface area contributed by atoms with Crippen molar-refractivity contribution in [2.75, 3.05) is 13.1 Å². The van der Waals surface area contributed by atoms with E-state index in [4.69, 9.17) is 9.84 Å². The third kappa shape index (κ3) is 4.18. The third-order valence-electron chi connectivity index (χ3n) is 2.88. The number of urea groups is 1. The SMILES string of the molecule is CCC[C@H](NC(=O)N1C[C@@H](C)O[C@@H](C)C1)C(=O)O. The zero-order valence-corrected chi connectivity index (χ0v) is 11.2. The molecule has 3 atom stereocenters. The topological polar surface area (TPSA) is 78.9 Å². The predicted octanol–water partition coefficient (Wildman–Crippen LogP) is 1.06. The summed E-state index contributed by atoms with van der Waals surface area (Å²) in [7, 11) is 0. The fourth-order valence-corrected chi connectivity index (χ4v) is 2.13. The third-order valence-corrected chi connectivity index (χ3v) is 2.88. The van der Waals surface area contributed by atoms with Gasteiger partial charge in [-0.1, -0.05) is 13.3 Å². The summed E-state index contributed by atoms with van der Waals surface area (Å²) in [4.78, 5) is 24.6. The van der Waals surface area contributed by atoms with Crippen molar-refractivity contribution in [1.82, 2.24) is 10.2 Å². The minimum absolute atomic E-state index is 0.0195. The minimum atomic E-state index is -0.987. The van der Waals surface area contributed by atoms with E-state index in [9.17, 15) is 9.59 Å². The van der Waals surface area contributed by atoms with E-state index in [0.717, 1.165) is 0 Å². The highest BCUT2D eigenvalue weighted by Crippen LogP contribution is 2.11. The lowest BCUT2D eigenvalue weighted by molar-refractivity contribution is -0.139. The number of aliphatic carboxylic acids is 1. The summed E-state index contributed by atoms with van der Waals surface area (Å²) in [6.45, 7) is 6.68. The molecule has 6 nitrogen and oxygen atoms in total. The molecule has 1 rings (SSSR count). The lowest BCUT2D eigenvalue weighted by atomic mass is 10.1. The van der Waals surface area contributed by atoms with Crippen molar-refractivity contribution >= 4 is 12.0 Å². The second kappa shape index (κ2) is 6.58. The van der Waals surface area contributed by atoms with Crippen LogP contribution >= 0.6 is 0 Å². The second-order valence-corrected chi connectivity index (χ2v) is 4.79. The van der Waals surface area contributed by atoms with Crippen molar-refractivity contribution in [1.29, 1.82) is 0 Å². The second-order valence-electron chi connectivity index (χ2n) is 4.79. The van der Waals surface area contributed by atoms with Gasteiger partial charge < -0.3 is 20.1 Å². The molecule has 0 aliphatic carbocycles. The van der Waals surface area contributed by atoms with Crippen LogP contribution in [0, 0.1) is 0 Å². The van der Waals surface area contributed by atoms with Crippen molar-refractivity contribution < 1.29 is 19.4 Å². The van der Waals surface area contributed by atoms with Crippen LogP contribution in [0.2, 0.25) is 0 Å². The van der Waals surface area contributed by atoms with E-state index < -0.39 is 12.0 Å². The van der Waals surface area contributed by atoms with Crippen LogP contribution in [0.25, 0.3) is 0 Å². The molecule has 0 radical (unpaired) electrons. The number of nitrogens with one attached hydrogen (secondary N) is 1. The Bertz CT molecular complexity index is 298. The highest BCUT2D eigenvalue weighted by atomic mass is 16.5. The molecule has 1 aliphatic rings. The van der Waals surface area contributed by atoms with Gasteiger partial charge in [0.1, 0.15) is 6.04 Å². The fraction of sp³-hybridized carbons (Fsp3) is 0.833. The van der Waals surface area contributed by atoms with Crippen LogP contribution in [0.5, 0.6) is 0 Å². The molecule has 0 spiro atoms. The van der Waals surface area contributed by atoms with Gasteiger partial charge in [0.2, 0.25) is 0 Å². The standard InChI is InChI=1S/C12H22N2O4/c1-4-5-10(11(15)16)13-12(17)14-6-8(2)18-9(3)7-14/h8-10H,4-7H2,1-3H3,(H,13,17)(H,15,16)/t8-,9+,10-/m0/s1. The summed E-state index contributed by atoms with van der Waals surface area (Å²) in [6.07, 6.45) is 1.12. The number of nitrogens with zero attached hydrogens (tertiary/aromatic N) is 1. The molecule has 18 heavy (non-hydrogen) atoms. The fourth-order valence-electron chi connectivity index (χ4n) is 2.13. The van der Waals surface area contributed by atoms with Gasteiger partial charge in [0.05, 0.1) is 12.2 Å². The number of hydrogen-bond acceptors (Lipinski definition) is 3. The first-order valence-electron chi connectivity index (χ1n) is 6.37. The molecule has 0 bridgehead atoms. The van der Waals surface area contributed by atoms with Gasteiger partial charge in [-0.2, -0.15) is 0 Å². The van der Waals surface area contributed by atoms with Crippen molar-refractivity contribution in [2.45, 2.75) is 51.9 Å². The van der Waals surface area contributed by atoms with Gasteiger partial charge in [0.25, 0.3) is 0 Å². The number of morpholine rings is 1. The van der Waals surface area contributed by atoms with E-state index in [1.54, 1.807) is 4.90 Å². The number of rotatable bonds is 4. The number of carboxylic acids is 1. The molecule has 104 valence electrons. The Balaban J connectivity index is 2.55. The number of carbonyl (C=O) groups excluding carboxylic acids is 1. The van der Waals surface area contributed by atoms with Crippen LogP contribution in [0.1, 0.15) is 33.6 Å². The zero-order chi connectivity index (χ0) is 13.7. The quantitative estimate of drug-likeness (QED) is 0.790. The van der Waals surface area contributed by atoms with E-state index in [1.165, 1.54) is 0 Å². The van der Waals surface area contributed by atoms with E-state index in [1.807, 2.05) is 20.8 Å². The molecule has 0 unspecified atom stereocenters. The van der Waals surface area contributed by atoms with Gasteiger partial charge in [0, 0.05) is 13.1 Å². The molecule has 0 aromatic rings. The average molecular weight is 258 g/mol. The normalized spacial score (nSPS) is 25.6. The van der Waals surface area contributed by atoms with Crippen molar-refractivity contribution in [3.63, 3.8) is 0 Å². The van der Waals surface area contributed by atoms with Gasteiger partial charge in [-0.25, -0.2) is 9.59 Å². The molecule has 1 aliphatic heterocycles. The summed E-state index contributed by atoms with van der Waals surface area (Å²) in [5.41, 5.74) is 0. The number of carboxylic acid groups (broad SMARTS) is 1. The van der Waals surface area contributed by atoms with E-state index in [2.05, 4.69) is 5.32 Å². The van der Waals surface area contributed by atoms with Crippen molar-refractivity contribution in [2.24, 2.45) is 0 Å². The molecule has 0 saturated carbocycles. The first-order chi connectivity index (χ1) is 8.43. The van der Waals surface area contributed by atoms with Gasteiger partial charge in [-0.05, 0) is 20.3 Å². The molecular formula is C12H22N2O4. The summed E-state index contributed by atoms with van der Waals surface area (Å²) < 4.78 is 5.53. The monoisotopic (exact) mass is 258 g/mol. The Hall–Kier alpha value is -1.30. The maximum atomic E-state index is 12.0. The van der Waals surface area contributed by atoms with Gasteiger partial charge in [0.15, 0.2) is 0 Å². The number of ether oxygens (including phenoxy) is 1. The maximum Gasteiger partial charge on any atom is 0.326 e. The molecule has 0 aromatic carbocycles. The summed E-state index contributed by atoms with van der Waals surface area (Å²) in [5.74, 6) is -0.987. The van der Waals surface area contributed by atoms with Gasteiger partial charge in [-0.15, -0.1) is 0 Å². The minimum Gasteiger partial charge on any atom is -0.480 e. The van der Waals surface area contributed by atoms with Gasteiger partial charge >= 0.3 is 12.0 Å². The van der Waals surface area contributed by atoms with E-state index >= 15 is 0 Å². The molecule has 1 saturated heterocycles. The Labute approximate surface area is 107 Å². The lowest BCUT2D eigenvalue weighted by Gasteiger charge is -2.35. The molecule has 2 N–H and O–H groups in total. The Morgan fingerprint density at radius 2 is 1.94 bits per heavy atom. The highest BCUT2D eigenvalue weighted by Gasteiger charge is 2.28. The number of carbonyl (C=O) groups is 2. The summed E-state index contributed by atoms with van der Waals surface area (Å²) in [5, 5.41) is 11.6. The number of amides is 2. The lowest BCUT2D eigenvalue weighted by Crippen LogP contribution is -2.54. The van der Waals surface area contributed by atoms with Crippen LogP contribution in [-0.2, 0) is 9.53 Å². The Morgan fingerprint density at radius 1 is 1.39 bits per heavy atom. The van der Waals surface area contributed by atoms with Crippen LogP contribution in [0.15, 0.2) is 0 Å². The number of hydrogen-bond donors (Lipinski definition) is 2. The molecule has 1 fully saturated rings. The van der Waals surface area contributed by atoms with Crippen LogP contribution in [-0.4, -0.2) is 53.3 Å². The molecular weight excluding hydrogens is 236 g/mol. The average Bonchev–Trinajstić information content (AvgIpc) is 2.26. The van der Waals surface area contributed by atoms with E-state index in [0.29, 0.717) is 25.9 Å². The Morgan fingerprint density at radius 3 is 2.39 bits per heavy atom. The predicted molar refractivity (Wildman–Crippen MR) is 66.4 cm³/mol. The summed E-state index contributed by atoms with van der Waals surface area (Å²) >= 11 is 0. The van der Waals surface area contributed by atoms with Crippen molar-refractivity contribution in [3.05, 3.63) is 0 Å². The van der Waals surface area contributed by atoms with Crippen LogP contribution in [0.4, 0.5) is 4.79 Å². The zero-order valence-electron chi connectivity index (χ0n) is 11.2. The maximum absolute atomic E-state index is 12.0. The molecule has 6 heteroatoms. The molecule has 2 amide bonds. The van der Waals surface area contributed by atoms with Gasteiger partial charge in [-0.3, -0.25) is 0 Å². The molecule has 0 aromatic heterocycles. The first kappa shape index (κ1) is 14.8. The molecule has 1 heterocycles. The largest absolute Gasteiger partial charge is 0.480 e. The van der Waals surface area contributed by atoms with Crippen molar-refractivity contribution in [3.8, 4) is 0 Å². The van der Waals surface area contributed by atoms with Crippen LogP contribution in [0.3, 0.4) is 0 Å². The summed E-state index contributed by atoms with van der Waals surface area (Å²) in [6, 6.07) is -1.13. The van der Waals surface area contributed by atoms with Crippen LogP contribution < -0.4 is 5.32 Å². The Kier molecular flexibility index (Phi) is 5.40. The first-order valence-corrected chi connectivity index (χ1v) is 6.37. The van der Waals surface area contributed by atoms with E-state index in [-0.39, 0.29) is 18.2 Å².